The number of aromatic nitrogens is 2. The second kappa shape index (κ2) is 8.50. The molecule has 0 unspecified atom stereocenters. The van der Waals surface area contributed by atoms with E-state index in [-0.39, 0.29) is 28.9 Å². The van der Waals surface area contributed by atoms with Crippen LogP contribution < -0.4 is 0 Å². The number of benzene rings is 2. The zero-order valence-corrected chi connectivity index (χ0v) is 17.9. The normalized spacial score (nSPS) is 14.4. The summed E-state index contributed by atoms with van der Waals surface area (Å²) in [6.45, 7) is 0. The van der Waals surface area contributed by atoms with Gasteiger partial charge in [0, 0.05) is 34.5 Å². The molecule has 1 saturated carbocycles. The first-order chi connectivity index (χ1) is 16.0. The summed E-state index contributed by atoms with van der Waals surface area (Å²) in [5.41, 5.74) is 3.25. The SMILES string of the molecule is O=C(c1ccc(O)cc1)c1c(O)c(O)n(-c2ccc(-c3ccon3)cc2)c1C1CCCCC1. The van der Waals surface area contributed by atoms with E-state index in [1.54, 1.807) is 10.6 Å². The number of rotatable bonds is 5. The van der Waals surface area contributed by atoms with Gasteiger partial charge in [-0.05, 0) is 49.2 Å². The van der Waals surface area contributed by atoms with E-state index in [4.69, 9.17) is 4.52 Å². The van der Waals surface area contributed by atoms with Crippen LogP contribution in [0.5, 0.6) is 17.4 Å². The average molecular weight is 444 g/mol. The fraction of sp³-hybridized carbons (Fsp3) is 0.231. The highest BCUT2D eigenvalue weighted by Gasteiger charge is 2.33. The van der Waals surface area contributed by atoms with Crippen LogP contribution >= 0.6 is 0 Å². The molecule has 2 aromatic heterocycles. The Morgan fingerprint density at radius 2 is 1.61 bits per heavy atom. The van der Waals surface area contributed by atoms with Crippen molar-refractivity contribution in [3.05, 3.63) is 77.7 Å². The van der Waals surface area contributed by atoms with Crippen molar-refractivity contribution in [2.24, 2.45) is 0 Å². The highest BCUT2D eigenvalue weighted by atomic mass is 16.5. The van der Waals surface area contributed by atoms with Crippen LogP contribution in [0.15, 0.2) is 65.4 Å². The van der Waals surface area contributed by atoms with E-state index in [1.165, 1.54) is 30.5 Å². The number of carbonyl (C=O) groups is 1. The lowest BCUT2D eigenvalue weighted by Crippen LogP contribution is -2.14. The van der Waals surface area contributed by atoms with Crippen molar-refractivity contribution in [2.45, 2.75) is 38.0 Å². The van der Waals surface area contributed by atoms with E-state index in [9.17, 15) is 20.1 Å². The molecule has 0 saturated heterocycles. The zero-order chi connectivity index (χ0) is 22.9. The van der Waals surface area contributed by atoms with Crippen LogP contribution in [0.25, 0.3) is 16.9 Å². The Bertz CT molecular complexity index is 1270. The number of aromatic hydroxyl groups is 3. The molecule has 0 amide bonds. The van der Waals surface area contributed by atoms with Gasteiger partial charge in [-0.25, -0.2) is 0 Å². The Morgan fingerprint density at radius 3 is 2.24 bits per heavy atom. The van der Waals surface area contributed by atoms with Crippen molar-refractivity contribution >= 4 is 5.78 Å². The van der Waals surface area contributed by atoms with Gasteiger partial charge in [0.1, 0.15) is 17.7 Å². The second-order valence-electron chi connectivity index (χ2n) is 8.41. The van der Waals surface area contributed by atoms with Crippen LogP contribution in [0.3, 0.4) is 0 Å². The molecule has 0 bridgehead atoms. The summed E-state index contributed by atoms with van der Waals surface area (Å²) in [4.78, 5) is 13.5. The summed E-state index contributed by atoms with van der Waals surface area (Å²) in [6, 6.07) is 15.0. The monoisotopic (exact) mass is 444 g/mol. The van der Waals surface area contributed by atoms with Gasteiger partial charge in [-0.2, -0.15) is 0 Å². The number of carbonyl (C=O) groups excluding carboxylic acids is 1. The van der Waals surface area contributed by atoms with Gasteiger partial charge in [0.05, 0.1) is 5.56 Å². The van der Waals surface area contributed by atoms with Crippen LogP contribution in [0, 0.1) is 0 Å². The molecule has 7 heteroatoms. The number of hydrogen-bond acceptors (Lipinski definition) is 6. The molecule has 1 fully saturated rings. The smallest absolute Gasteiger partial charge is 0.240 e. The molecule has 7 nitrogen and oxygen atoms in total. The molecule has 168 valence electrons. The molecule has 5 rings (SSSR count). The van der Waals surface area contributed by atoms with Crippen molar-refractivity contribution in [1.82, 2.24) is 9.72 Å². The van der Waals surface area contributed by atoms with Crippen molar-refractivity contribution in [2.75, 3.05) is 0 Å². The molecule has 0 radical (unpaired) electrons. The van der Waals surface area contributed by atoms with Crippen LogP contribution in [-0.4, -0.2) is 30.8 Å². The molecular weight excluding hydrogens is 420 g/mol. The minimum Gasteiger partial charge on any atom is -0.508 e. The number of phenolic OH excluding ortho intramolecular Hbond substituents is 1. The van der Waals surface area contributed by atoms with Crippen LogP contribution in [-0.2, 0) is 0 Å². The van der Waals surface area contributed by atoms with Crippen LogP contribution in [0.2, 0.25) is 0 Å². The minimum absolute atomic E-state index is 0.0248. The summed E-state index contributed by atoms with van der Waals surface area (Å²) >= 11 is 0. The Kier molecular flexibility index (Phi) is 5.38. The molecule has 2 aromatic carbocycles. The van der Waals surface area contributed by atoms with Gasteiger partial charge < -0.3 is 19.8 Å². The average Bonchev–Trinajstić information content (AvgIpc) is 3.47. The molecule has 1 aliphatic rings. The number of nitrogens with zero attached hydrogens (tertiary/aromatic N) is 2. The van der Waals surface area contributed by atoms with Gasteiger partial charge in [0.2, 0.25) is 5.88 Å². The largest absolute Gasteiger partial charge is 0.508 e. The highest BCUT2D eigenvalue weighted by Crippen LogP contribution is 2.46. The molecule has 0 spiro atoms. The molecular formula is C26H24N2O5. The third-order valence-electron chi connectivity index (χ3n) is 6.36. The van der Waals surface area contributed by atoms with Crippen molar-refractivity contribution in [1.29, 1.82) is 0 Å². The lowest BCUT2D eigenvalue weighted by atomic mass is 9.84. The Hall–Kier alpha value is -4.00. The molecule has 0 aliphatic heterocycles. The molecule has 4 aromatic rings. The summed E-state index contributed by atoms with van der Waals surface area (Å²) in [5, 5.41) is 35.4. The topological polar surface area (TPSA) is 109 Å². The minimum atomic E-state index is -0.422. The fourth-order valence-electron chi connectivity index (χ4n) is 4.71. The predicted octanol–water partition coefficient (Wildman–Crippen LogP) is 5.53. The summed E-state index contributed by atoms with van der Waals surface area (Å²) in [5.74, 6) is -1.09. The first kappa shape index (κ1) is 20.9. The third-order valence-corrected chi connectivity index (χ3v) is 6.36. The third kappa shape index (κ3) is 3.75. The van der Waals surface area contributed by atoms with Crippen molar-refractivity contribution < 1.29 is 24.6 Å². The quantitative estimate of drug-likeness (QED) is 0.349. The lowest BCUT2D eigenvalue weighted by Gasteiger charge is -2.25. The van der Waals surface area contributed by atoms with Gasteiger partial charge in [-0.1, -0.05) is 36.6 Å². The van der Waals surface area contributed by atoms with Gasteiger partial charge >= 0.3 is 0 Å². The zero-order valence-electron chi connectivity index (χ0n) is 17.9. The summed E-state index contributed by atoms with van der Waals surface area (Å²) in [7, 11) is 0. The van der Waals surface area contributed by atoms with E-state index in [0.29, 0.717) is 22.6 Å². The first-order valence-corrected chi connectivity index (χ1v) is 11.1. The van der Waals surface area contributed by atoms with Gasteiger partial charge in [-0.3, -0.25) is 9.36 Å². The molecule has 33 heavy (non-hydrogen) atoms. The van der Waals surface area contributed by atoms with Crippen LogP contribution in [0.1, 0.15) is 59.6 Å². The maximum atomic E-state index is 13.5. The van der Waals surface area contributed by atoms with E-state index >= 15 is 0 Å². The van der Waals surface area contributed by atoms with E-state index in [1.807, 2.05) is 24.3 Å². The number of phenols is 1. The van der Waals surface area contributed by atoms with E-state index in [2.05, 4.69) is 5.16 Å². The summed E-state index contributed by atoms with van der Waals surface area (Å²) in [6.07, 6.45) is 6.42. The Labute approximate surface area is 190 Å². The standard InChI is InChI=1S/C26H24N2O5/c29-20-12-8-18(9-13-20)24(30)22-23(17-4-2-1-3-5-17)28(26(32)25(22)31)19-10-6-16(7-11-19)21-14-15-33-27-21/h6-15,17,29,31-32H,1-5H2. The second-order valence-corrected chi connectivity index (χ2v) is 8.41. The highest BCUT2D eigenvalue weighted by molar-refractivity contribution is 6.12. The van der Waals surface area contributed by atoms with Gasteiger partial charge in [0.15, 0.2) is 11.5 Å². The lowest BCUT2D eigenvalue weighted by molar-refractivity contribution is 0.103. The first-order valence-electron chi connectivity index (χ1n) is 11.1. The van der Waals surface area contributed by atoms with Crippen LogP contribution in [0.4, 0.5) is 0 Å². The summed E-state index contributed by atoms with van der Waals surface area (Å²) < 4.78 is 6.50. The Balaban J connectivity index is 1.65. The van der Waals surface area contributed by atoms with Crippen molar-refractivity contribution in [3.8, 4) is 34.3 Å². The van der Waals surface area contributed by atoms with Crippen molar-refractivity contribution in [3.63, 3.8) is 0 Å². The van der Waals surface area contributed by atoms with Gasteiger partial charge in [0.25, 0.3) is 0 Å². The number of hydrogen-bond donors (Lipinski definition) is 3. The van der Waals surface area contributed by atoms with E-state index < -0.39 is 5.75 Å². The number of ketones is 1. The Morgan fingerprint density at radius 1 is 0.909 bits per heavy atom. The molecule has 0 atom stereocenters. The fourth-order valence-corrected chi connectivity index (χ4v) is 4.71. The maximum absolute atomic E-state index is 13.5. The molecule has 1 aliphatic carbocycles. The molecule has 2 heterocycles. The molecule has 3 N–H and O–H groups in total. The maximum Gasteiger partial charge on any atom is 0.240 e. The van der Waals surface area contributed by atoms with E-state index in [0.717, 1.165) is 37.7 Å². The van der Waals surface area contributed by atoms with Gasteiger partial charge in [-0.15, -0.1) is 0 Å². The predicted molar refractivity (Wildman–Crippen MR) is 122 cm³/mol.